The summed E-state index contributed by atoms with van der Waals surface area (Å²) in [4.78, 5) is 25.1. The Kier molecular flexibility index (Phi) is 2.25. The van der Waals surface area contributed by atoms with Crippen LogP contribution in [0.2, 0.25) is 0 Å². The van der Waals surface area contributed by atoms with E-state index in [0.29, 0.717) is 11.1 Å². The topological polar surface area (TPSA) is 46.7 Å². The largest absolute Gasteiger partial charge is 0.348 e. The lowest BCUT2D eigenvalue weighted by molar-refractivity contribution is 0.0756. The lowest BCUT2D eigenvalue weighted by Crippen LogP contribution is -2.43. The lowest BCUT2D eigenvalue weighted by atomic mass is 9.70. The van der Waals surface area contributed by atoms with Crippen LogP contribution in [-0.2, 0) is 4.74 Å². The first-order valence-electron chi connectivity index (χ1n) is 7.11. The summed E-state index contributed by atoms with van der Waals surface area (Å²) in [6.45, 7) is 0. The molecule has 4 rings (SSSR count). The van der Waals surface area contributed by atoms with Gasteiger partial charge in [0.1, 0.15) is 0 Å². The minimum Gasteiger partial charge on any atom is -0.348 e. The molecule has 2 aliphatic carbocycles. The molecule has 1 saturated heterocycles. The highest BCUT2D eigenvalue weighted by Gasteiger charge is 2.71. The molecule has 0 amide bonds. The first-order chi connectivity index (χ1) is 9.25. The van der Waals surface area contributed by atoms with Crippen molar-refractivity contribution in [3.05, 3.63) is 35.4 Å². The summed E-state index contributed by atoms with van der Waals surface area (Å²) < 4.78 is 5.71. The first-order valence-corrected chi connectivity index (χ1v) is 7.11. The van der Waals surface area contributed by atoms with Crippen LogP contribution in [0.1, 0.15) is 52.8 Å². The van der Waals surface area contributed by atoms with E-state index in [9.17, 15) is 9.59 Å². The highest BCUT2D eigenvalue weighted by atomic mass is 16.6. The van der Waals surface area contributed by atoms with Gasteiger partial charge in [0.25, 0.3) is 0 Å². The summed E-state index contributed by atoms with van der Waals surface area (Å²) >= 11 is 0. The Bertz CT molecular complexity index is 571. The number of hydrogen-bond acceptors (Lipinski definition) is 3. The van der Waals surface area contributed by atoms with Gasteiger partial charge in [0, 0.05) is 11.1 Å². The smallest absolute Gasteiger partial charge is 0.198 e. The van der Waals surface area contributed by atoms with E-state index in [-0.39, 0.29) is 17.5 Å². The van der Waals surface area contributed by atoms with Gasteiger partial charge in [0.15, 0.2) is 23.3 Å². The molecule has 0 aromatic heterocycles. The molecular weight excluding hydrogens is 240 g/mol. The molecule has 0 bridgehead atoms. The molecule has 3 nitrogen and oxygen atoms in total. The van der Waals surface area contributed by atoms with Crippen LogP contribution in [-0.4, -0.2) is 23.3 Å². The predicted octanol–water partition coefficient (Wildman–Crippen LogP) is 2.78. The van der Waals surface area contributed by atoms with Crippen LogP contribution < -0.4 is 0 Å². The van der Waals surface area contributed by atoms with E-state index in [1.54, 1.807) is 18.2 Å². The number of fused-ring (bicyclic) bond motifs is 2. The van der Waals surface area contributed by atoms with E-state index in [2.05, 4.69) is 0 Å². The first kappa shape index (κ1) is 11.4. The Morgan fingerprint density at radius 1 is 1.00 bits per heavy atom. The van der Waals surface area contributed by atoms with Crippen LogP contribution >= 0.6 is 0 Å². The highest BCUT2D eigenvalue weighted by Crippen LogP contribution is 2.54. The third-order valence-electron chi connectivity index (χ3n) is 4.89. The van der Waals surface area contributed by atoms with Crippen LogP contribution in [0.5, 0.6) is 0 Å². The second-order valence-corrected chi connectivity index (χ2v) is 5.86. The van der Waals surface area contributed by atoms with Gasteiger partial charge < -0.3 is 4.74 Å². The molecule has 0 spiro atoms. The van der Waals surface area contributed by atoms with Crippen molar-refractivity contribution in [2.24, 2.45) is 5.92 Å². The zero-order valence-electron chi connectivity index (χ0n) is 10.7. The maximum Gasteiger partial charge on any atom is 0.198 e. The van der Waals surface area contributed by atoms with E-state index in [0.717, 1.165) is 25.7 Å². The monoisotopic (exact) mass is 256 g/mol. The summed E-state index contributed by atoms with van der Waals surface area (Å²) in [6.07, 6.45) is 5.04. The van der Waals surface area contributed by atoms with Crippen molar-refractivity contribution in [2.75, 3.05) is 0 Å². The maximum atomic E-state index is 12.7. The van der Waals surface area contributed by atoms with Crippen LogP contribution in [0.4, 0.5) is 0 Å². The average molecular weight is 256 g/mol. The summed E-state index contributed by atoms with van der Waals surface area (Å²) in [6, 6.07) is 7.13. The number of carbonyl (C=O) groups is 2. The summed E-state index contributed by atoms with van der Waals surface area (Å²) in [7, 11) is 0. The third kappa shape index (κ3) is 1.36. The Morgan fingerprint density at radius 3 is 2.42 bits per heavy atom. The molecule has 2 unspecified atom stereocenters. The number of ketones is 2. The zero-order valence-corrected chi connectivity index (χ0v) is 10.7. The Balaban J connectivity index is 1.78. The number of benzene rings is 1. The standard InChI is InChI=1S/C16H16O3/c17-13-11-8-4-5-9-12(11)14(18)16(15(13)19-16)10-6-2-1-3-7-10/h4-5,8-10,15H,1-3,6-7H2. The highest BCUT2D eigenvalue weighted by molar-refractivity contribution is 6.23. The van der Waals surface area contributed by atoms with Crippen LogP contribution in [0.3, 0.4) is 0 Å². The normalized spacial score (nSPS) is 33.8. The number of Topliss-reactive ketones (excluding diaryl/α,β-unsaturated/α-hetero) is 2. The fraction of sp³-hybridized carbons (Fsp3) is 0.500. The van der Waals surface area contributed by atoms with E-state index >= 15 is 0 Å². The van der Waals surface area contributed by atoms with Crippen molar-refractivity contribution in [2.45, 2.75) is 43.8 Å². The molecular formula is C16H16O3. The maximum absolute atomic E-state index is 12.7. The third-order valence-corrected chi connectivity index (χ3v) is 4.89. The van der Waals surface area contributed by atoms with Gasteiger partial charge in [-0.15, -0.1) is 0 Å². The molecule has 98 valence electrons. The predicted molar refractivity (Wildman–Crippen MR) is 69.3 cm³/mol. The molecule has 2 atom stereocenters. The molecule has 1 heterocycles. The van der Waals surface area contributed by atoms with E-state index in [1.807, 2.05) is 6.07 Å². The fourth-order valence-electron chi connectivity index (χ4n) is 3.86. The van der Waals surface area contributed by atoms with Gasteiger partial charge in [-0.05, 0) is 18.8 Å². The van der Waals surface area contributed by atoms with Crippen molar-refractivity contribution in [3.8, 4) is 0 Å². The van der Waals surface area contributed by atoms with Crippen molar-refractivity contribution < 1.29 is 14.3 Å². The minimum atomic E-state index is -0.800. The molecule has 1 aromatic carbocycles. The lowest BCUT2D eigenvalue weighted by Gasteiger charge is -2.29. The Labute approximate surface area is 111 Å². The van der Waals surface area contributed by atoms with Crippen LogP contribution in [0.25, 0.3) is 0 Å². The van der Waals surface area contributed by atoms with Crippen molar-refractivity contribution in [3.63, 3.8) is 0 Å². The molecule has 0 N–H and O–H groups in total. The summed E-state index contributed by atoms with van der Waals surface area (Å²) in [5.41, 5.74) is 0.305. The number of ether oxygens (including phenoxy) is 1. The molecule has 1 aliphatic heterocycles. The van der Waals surface area contributed by atoms with Crippen LogP contribution in [0, 0.1) is 5.92 Å². The SMILES string of the molecule is O=C1c2ccccc2C(=O)C2(C3CCCCC3)OC12. The van der Waals surface area contributed by atoms with E-state index in [1.165, 1.54) is 6.42 Å². The van der Waals surface area contributed by atoms with Gasteiger partial charge in [-0.25, -0.2) is 0 Å². The van der Waals surface area contributed by atoms with Crippen molar-refractivity contribution >= 4 is 11.6 Å². The second-order valence-electron chi connectivity index (χ2n) is 5.86. The molecule has 0 radical (unpaired) electrons. The fourth-order valence-corrected chi connectivity index (χ4v) is 3.86. The quantitative estimate of drug-likeness (QED) is 0.726. The summed E-state index contributed by atoms with van der Waals surface area (Å²) in [5, 5.41) is 0. The Morgan fingerprint density at radius 2 is 1.68 bits per heavy atom. The average Bonchev–Trinajstić information content (AvgIpc) is 3.23. The van der Waals surface area contributed by atoms with Gasteiger partial charge in [0.05, 0.1) is 0 Å². The van der Waals surface area contributed by atoms with Gasteiger partial charge in [0.2, 0.25) is 0 Å². The molecule has 1 aromatic rings. The number of epoxide rings is 1. The molecule has 3 heteroatoms. The number of hydrogen-bond donors (Lipinski definition) is 0. The zero-order chi connectivity index (χ0) is 13.0. The molecule has 19 heavy (non-hydrogen) atoms. The number of rotatable bonds is 1. The number of carbonyl (C=O) groups excluding carboxylic acids is 2. The van der Waals surface area contributed by atoms with E-state index < -0.39 is 11.7 Å². The molecule has 3 aliphatic rings. The van der Waals surface area contributed by atoms with Gasteiger partial charge in [-0.3, -0.25) is 9.59 Å². The van der Waals surface area contributed by atoms with Gasteiger partial charge in [-0.1, -0.05) is 43.5 Å². The molecule has 1 saturated carbocycles. The minimum absolute atomic E-state index is 0.000716. The second kappa shape index (κ2) is 3.76. The molecule has 2 fully saturated rings. The van der Waals surface area contributed by atoms with E-state index in [4.69, 9.17) is 4.74 Å². The van der Waals surface area contributed by atoms with Crippen molar-refractivity contribution in [1.82, 2.24) is 0 Å². The summed E-state index contributed by atoms with van der Waals surface area (Å²) in [5.74, 6) is 0.274. The van der Waals surface area contributed by atoms with Gasteiger partial charge >= 0.3 is 0 Å². The van der Waals surface area contributed by atoms with Crippen LogP contribution in [0.15, 0.2) is 24.3 Å². The van der Waals surface area contributed by atoms with Gasteiger partial charge in [-0.2, -0.15) is 0 Å². The van der Waals surface area contributed by atoms with Crippen molar-refractivity contribution in [1.29, 1.82) is 0 Å². The Hall–Kier alpha value is -1.48.